The Labute approximate surface area is 180 Å². The number of ether oxygens (including phenoxy) is 4. The van der Waals surface area contributed by atoms with Crippen molar-refractivity contribution in [2.24, 2.45) is 0 Å². The van der Waals surface area contributed by atoms with Crippen LogP contribution in [0, 0.1) is 0 Å². The molecule has 0 aromatic heterocycles. The molecule has 0 fully saturated rings. The number of rotatable bonds is 8. The van der Waals surface area contributed by atoms with Crippen molar-refractivity contribution in [3.63, 3.8) is 0 Å². The first kappa shape index (κ1) is 22.4. The van der Waals surface area contributed by atoms with Gasteiger partial charge < -0.3 is 23.8 Å². The Hall–Kier alpha value is -3.29. The Bertz CT molecular complexity index is 961. The third kappa shape index (κ3) is 5.45. The quantitative estimate of drug-likeness (QED) is 0.581. The highest BCUT2D eigenvalue weighted by Crippen LogP contribution is 2.33. The third-order valence-electron chi connectivity index (χ3n) is 4.93. The zero-order valence-electron chi connectivity index (χ0n) is 17.7. The van der Waals surface area contributed by atoms with Gasteiger partial charge in [-0.25, -0.2) is 0 Å². The van der Waals surface area contributed by atoms with Crippen LogP contribution in [0.25, 0.3) is 6.08 Å². The molecule has 0 atom stereocenters. The summed E-state index contributed by atoms with van der Waals surface area (Å²) in [4.78, 5) is 14.4. The van der Waals surface area contributed by atoms with Gasteiger partial charge in [-0.15, -0.1) is 0 Å². The molecule has 0 unspecified atom stereocenters. The molecule has 0 radical (unpaired) electrons. The van der Waals surface area contributed by atoms with Crippen molar-refractivity contribution in [3.8, 4) is 23.0 Å². The van der Waals surface area contributed by atoms with Gasteiger partial charge in [-0.05, 0) is 60.4 Å². The van der Waals surface area contributed by atoms with Crippen LogP contribution in [-0.4, -0.2) is 44.8 Å². The smallest absolute Gasteiger partial charge is 0.387 e. The van der Waals surface area contributed by atoms with Crippen LogP contribution in [-0.2, 0) is 17.8 Å². The fourth-order valence-corrected chi connectivity index (χ4v) is 3.43. The summed E-state index contributed by atoms with van der Waals surface area (Å²) in [7, 11) is 3.17. The van der Waals surface area contributed by atoms with Crippen LogP contribution in [0.4, 0.5) is 8.78 Å². The van der Waals surface area contributed by atoms with Crippen LogP contribution in [0.5, 0.6) is 23.0 Å². The highest BCUT2D eigenvalue weighted by Gasteiger charge is 2.21. The van der Waals surface area contributed by atoms with E-state index in [0.717, 1.165) is 11.1 Å². The number of carbonyl (C=O) groups is 1. The van der Waals surface area contributed by atoms with E-state index in [1.54, 1.807) is 44.3 Å². The number of hydrogen-bond donors (Lipinski definition) is 0. The van der Waals surface area contributed by atoms with E-state index in [0.29, 0.717) is 43.2 Å². The fraction of sp³-hybridized carbons (Fsp3) is 0.348. The molecule has 6 nitrogen and oxygen atoms in total. The number of amides is 1. The zero-order valence-corrected chi connectivity index (χ0v) is 17.7. The van der Waals surface area contributed by atoms with Gasteiger partial charge in [0.2, 0.25) is 5.91 Å². The molecule has 1 amide bonds. The predicted octanol–water partition coefficient (Wildman–Crippen LogP) is 4.30. The van der Waals surface area contributed by atoms with Crippen molar-refractivity contribution in [2.75, 3.05) is 27.4 Å². The molecule has 1 heterocycles. The number of fused-ring (bicyclic) bond motifs is 1. The van der Waals surface area contributed by atoms with E-state index in [4.69, 9.17) is 14.2 Å². The second-order valence-electron chi connectivity index (χ2n) is 6.84. The minimum Gasteiger partial charge on any atom is -0.493 e. The Morgan fingerprint density at radius 1 is 1.06 bits per heavy atom. The summed E-state index contributed by atoms with van der Waals surface area (Å²) in [6.07, 6.45) is 3.80. The van der Waals surface area contributed by atoms with E-state index < -0.39 is 6.61 Å². The highest BCUT2D eigenvalue weighted by atomic mass is 19.3. The number of alkyl halides is 2. The lowest BCUT2D eigenvalue weighted by atomic mass is 9.98. The summed E-state index contributed by atoms with van der Waals surface area (Å²) in [6, 6.07) is 8.40. The standard InChI is InChI=1S/C23H25F2NO5/c1-4-30-21-11-15(5-7-18(21)31-23(24)25)6-8-22(27)26-10-9-16-12-19(28-2)20(29-3)13-17(16)14-26/h5-8,11-13,23H,4,9-10,14H2,1-3H3/b8-6+. The van der Waals surface area contributed by atoms with Crippen LogP contribution in [0.3, 0.4) is 0 Å². The summed E-state index contributed by atoms with van der Waals surface area (Å²) < 4.78 is 45.6. The molecule has 1 aliphatic rings. The van der Waals surface area contributed by atoms with Crippen LogP contribution in [0.2, 0.25) is 0 Å². The molecule has 166 valence electrons. The zero-order chi connectivity index (χ0) is 22.4. The average Bonchev–Trinajstić information content (AvgIpc) is 2.77. The molecule has 3 rings (SSSR count). The molecule has 31 heavy (non-hydrogen) atoms. The number of hydrogen-bond acceptors (Lipinski definition) is 5. The number of halogens is 2. The van der Waals surface area contributed by atoms with Crippen molar-refractivity contribution in [1.82, 2.24) is 4.90 Å². The fourth-order valence-electron chi connectivity index (χ4n) is 3.43. The third-order valence-corrected chi connectivity index (χ3v) is 4.93. The molecule has 0 N–H and O–H groups in total. The average molecular weight is 433 g/mol. The highest BCUT2D eigenvalue weighted by molar-refractivity contribution is 5.92. The molecule has 0 saturated heterocycles. The summed E-state index contributed by atoms with van der Waals surface area (Å²) in [5.41, 5.74) is 2.78. The minimum atomic E-state index is -2.94. The Kier molecular flexibility index (Phi) is 7.33. The topological polar surface area (TPSA) is 57.2 Å². The van der Waals surface area contributed by atoms with E-state index >= 15 is 0 Å². The van der Waals surface area contributed by atoms with E-state index in [1.807, 2.05) is 12.1 Å². The van der Waals surface area contributed by atoms with Gasteiger partial charge in [0.15, 0.2) is 23.0 Å². The van der Waals surface area contributed by atoms with E-state index in [2.05, 4.69) is 4.74 Å². The van der Waals surface area contributed by atoms with Crippen LogP contribution in [0.15, 0.2) is 36.4 Å². The maximum Gasteiger partial charge on any atom is 0.387 e. The maximum absolute atomic E-state index is 12.7. The molecule has 0 bridgehead atoms. The van der Waals surface area contributed by atoms with Gasteiger partial charge in [0.1, 0.15) is 0 Å². The number of methoxy groups -OCH3 is 2. The molecule has 2 aromatic carbocycles. The van der Waals surface area contributed by atoms with Crippen molar-refractivity contribution < 1.29 is 32.5 Å². The summed E-state index contributed by atoms with van der Waals surface area (Å²) in [6.45, 7) is 0.147. The number of benzene rings is 2. The van der Waals surface area contributed by atoms with E-state index in [9.17, 15) is 13.6 Å². The molecule has 0 spiro atoms. The predicted molar refractivity (Wildman–Crippen MR) is 112 cm³/mol. The van der Waals surface area contributed by atoms with Crippen molar-refractivity contribution in [2.45, 2.75) is 26.5 Å². The molecule has 8 heteroatoms. The van der Waals surface area contributed by atoms with Crippen LogP contribution in [0.1, 0.15) is 23.6 Å². The lowest BCUT2D eigenvalue weighted by molar-refractivity contribution is -0.126. The van der Waals surface area contributed by atoms with E-state index in [-0.39, 0.29) is 17.4 Å². The second-order valence-corrected chi connectivity index (χ2v) is 6.84. The Morgan fingerprint density at radius 2 is 1.77 bits per heavy atom. The van der Waals surface area contributed by atoms with Crippen molar-refractivity contribution in [3.05, 3.63) is 53.1 Å². The van der Waals surface area contributed by atoms with E-state index in [1.165, 1.54) is 12.1 Å². The first-order valence-electron chi connectivity index (χ1n) is 9.87. The molecule has 1 aliphatic heterocycles. The monoisotopic (exact) mass is 433 g/mol. The lowest BCUT2D eigenvalue weighted by Crippen LogP contribution is -2.34. The van der Waals surface area contributed by atoms with Gasteiger partial charge in [-0.2, -0.15) is 8.78 Å². The van der Waals surface area contributed by atoms with Gasteiger partial charge in [-0.1, -0.05) is 6.07 Å². The summed E-state index contributed by atoms with van der Waals surface area (Å²) >= 11 is 0. The van der Waals surface area contributed by atoms with Crippen molar-refractivity contribution in [1.29, 1.82) is 0 Å². The van der Waals surface area contributed by atoms with Gasteiger partial charge in [0, 0.05) is 19.2 Å². The summed E-state index contributed by atoms with van der Waals surface area (Å²) in [5, 5.41) is 0. The minimum absolute atomic E-state index is 0.0441. The first-order valence-corrected chi connectivity index (χ1v) is 9.87. The molecule has 0 saturated carbocycles. The second kappa shape index (κ2) is 10.1. The normalized spacial score (nSPS) is 13.3. The van der Waals surface area contributed by atoms with Crippen LogP contribution >= 0.6 is 0 Å². The SMILES string of the molecule is CCOc1cc(/C=C/C(=O)N2CCc3cc(OC)c(OC)cc3C2)ccc1OC(F)F. The first-order chi connectivity index (χ1) is 14.9. The van der Waals surface area contributed by atoms with Crippen LogP contribution < -0.4 is 18.9 Å². The number of nitrogens with zero attached hydrogens (tertiary/aromatic N) is 1. The van der Waals surface area contributed by atoms with Gasteiger partial charge in [0.05, 0.1) is 20.8 Å². The van der Waals surface area contributed by atoms with Gasteiger partial charge >= 0.3 is 6.61 Å². The Morgan fingerprint density at radius 3 is 2.42 bits per heavy atom. The lowest BCUT2D eigenvalue weighted by Gasteiger charge is -2.28. The Balaban J connectivity index is 1.72. The molecule has 2 aromatic rings. The van der Waals surface area contributed by atoms with Gasteiger partial charge in [0.25, 0.3) is 0 Å². The molecular formula is C23H25F2NO5. The largest absolute Gasteiger partial charge is 0.493 e. The summed E-state index contributed by atoms with van der Waals surface area (Å²) in [5.74, 6) is 1.31. The molecular weight excluding hydrogens is 408 g/mol. The van der Waals surface area contributed by atoms with Gasteiger partial charge in [-0.3, -0.25) is 4.79 Å². The maximum atomic E-state index is 12.7. The van der Waals surface area contributed by atoms with Crippen molar-refractivity contribution >= 4 is 12.0 Å². The number of carbonyl (C=O) groups excluding carboxylic acids is 1. The molecule has 0 aliphatic carbocycles.